The predicted molar refractivity (Wildman–Crippen MR) is 110 cm³/mol. The molecular weight excluding hydrogens is 392 g/mol. The topological polar surface area (TPSA) is 84.9 Å². The number of sulfonamides is 1. The van der Waals surface area contributed by atoms with E-state index in [0.717, 1.165) is 5.56 Å². The molecule has 0 unspecified atom stereocenters. The highest BCUT2D eigenvalue weighted by molar-refractivity contribution is 7.89. The monoisotopic (exact) mass is 418 g/mol. The van der Waals surface area contributed by atoms with Crippen LogP contribution in [0.3, 0.4) is 0 Å². The van der Waals surface area contributed by atoms with E-state index in [1.54, 1.807) is 24.3 Å². The normalized spacial score (nSPS) is 15.7. The Kier molecular flexibility index (Phi) is 6.76. The van der Waals surface area contributed by atoms with E-state index in [4.69, 9.17) is 9.47 Å². The molecule has 0 bridgehead atoms. The van der Waals surface area contributed by atoms with Gasteiger partial charge in [0.25, 0.3) is 5.91 Å². The minimum Gasteiger partial charge on any atom is -0.497 e. The molecule has 0 radical (unpaired) electrons. The average molecular weight is 419 g/mol. The summed E-state index contributed by atoms with van der Waals surface area (Å²) >= 11 is 0. The number of carbonyl (C=O) groups excluding carboxylic acids is 1. The molecule has 0 atom stereocenters. The summed E-state index contributed by atoms with van der Waals surface area (Å²) in [6.07, 6.45) is 1.12. The summed E-state index contributed by atoms with van der Waals surface area (Å²) in [6, 6.07) is 13.8. The molecule has 29 heavy (non-hydrogen) atoms. The van der Waals surface area contributed by atoms with E-state index in [1.807, 2.05) is 31.2 Å². The van der Waals surface area contributed by atoms with Crippen LogP contribution in [-0.2, 0) is 14.8 Å². The second-order valence-corrected chi connectivity index (χ2v) is 8.91. The number of aryl methyl sites for hydroxylation is 1. The van der Waals surface area contributed by atoms with Crippen LogP contribution in [0.2, 0.25) is 0 Å². The summed E-state index contributed by atoms with van der Waals surface area (Å²) in [4.78, 5) is 12.4. The smallest absolute Gasteiger partial charge is 0.258 e. The Hall–Kier alpha value is -2.58. The first kappa shape index (κ1) is 21.1. The van der Waals surface area contributed by atoms with Gasteiger partial charge in [-0.25, -0.2) is 8.42 Å². The van der Waals surface area contributed by atoms with Crippen molar-refractivity contribution in [2.75, 3.05) is 26.8 Å². The summed E-state index contributed by atoms with van der Waals surface area (Å²) in [7, 11) is -2.01. The van der Waals surface area contributed by atoms with E-state index >= 15 is 0 Å². The molecule has 1 saturated heterocycles. The minimum absolute atomic E-state index is 0.0603. The Morgan fingerprint density at radius 2 is 1.76 bits per heavy atom. The van der Waals surface area contributed by atoms with E-state index in [1.165, 1.54) is 11.4 Å². The first-order valence-corrected chi connectivity index (χ1v) is 11.0. The second kappa shape index (κ2) is 9.28. The van der Waals surface area contributed by atoms with Gasteiger partial charge in [0, 0.05) is 19.1 Å². The van der Waals surface area contributed by atoms with Gasteiger partial charge in [0.15, 0.2) is 6.61 Å². The molecule has 7 nitrogen and oxygen atoms in total. The number of nitrogens with zero attached hydrogens (tertiary/aromatic N) is 1. The lowest BCUT2D eigenvalue weighted by atomic mass is 10.1. The molecule has 0 spiro atoms. The number of ether oxygens (including phenoxy) is 2. The number of rotatable bonds is 7. The van der Waals surface area contributed by atoms with Gasteiger partial charge in [-0.1, -0.05) is 18.2 Å². The standard InChI is InChI=1S/C21H26N2O5S/c1-16-5-3-4-6-20(16)28-15-21(24)22-17-11-13-23(14-12-17)29(25,26)19-9-7-18(27-2)8-10-19/h3-10,17H,11-15H2,1-2H3,(H,22,24). The number of carbonyl (C=O) groups is 1. The molecule has 0 aliphatic carbocycles. The fraction of sp³-hybridized carbons (Fsp3) is 0.381. The van der Waals surface area contributed by atoms with Crippen LogP contribution in [0.4, 0.5) is 0 Å². The summed E-state index contributed by atoms with van der Waals surface area (Å²) in [5.41, 5.74) is 0.970. The number of benzene rings is 2. The molecule has 0 saturated carbocycles. The molecule has 156 valence electrons. The quantitative estimate of drug-likeness (QED) is 0.746. The fourth-order valence-corrected chi connectivity index (χ4v) is 4.74. The Balaban J connectivity index is 1.49. The van der Waals surface area contributed by atoms with Crippen molar-refractivity contribution in [1.29, 1.82) is 0 Å². The van der Waals surface area contributed by atoms with Crippen molar-refractivity contribution in [2.24, 2.45) is 0 Å². The van der Waals surface area contributed by atoms with E-state index in [-0.39, 0.29) is 23.5 Å². The molecule has 1 N–H and O–H groups in total. The third-order valence-electron chi connectivity index (χ3n) is 4.97. The predicted octanol–water partition coefficient (Wildman–Crippen LogP) is 2.35. The third kappa shape index (κ3) is 5.27. The number of hydrogen-bond donors (Lipinski definition) is 1. The molecule has 2 aromatic rings. The van der Waals surface area contributed by atoms with Gasteiger partial charge in [0.2, 0.25) is 10.0 Å². The van der Waals surface area contributed by atoms with Gasteiger partial charge < -0.3 is 14.8 Å². The highest BCUT2D eigenvalue weighted by Gasteiger charge is 2.30. The highest BCUT2D eigenvalue weighted by Crippen LogP contribution is 2.23. The molecule has 1 fully saturated rings. The van der Waals surface area contributed by atoms with E-state index in [0.29, 0.717) is 37.4 Å². The number of piperidine rings is 1. The zero-order valence-electron chi connectivity index (χ0n) is 16.6. The maximum absolute atomic E-state index is 12.8. The van der Waals surface area contributed by atoms with Gasteiger partial charge in [0.1, 0.15) is 11.5 Å². The van der Waals surface area contributed by atoms with Gasteiger partial charge in [-0.15, -0.1) is 0 Å². The number of para-hydroxylation sites is 1. The van der Waals surface area contributed by atoms with Crippen LogP contribution < -0.4 is 14.8 Å². The lowest BCUT2D eigenvalue weighted by Crippen LogP contribution is -2.47. The molecule has 1 heterocycles. The van der Waals surface area contributed by atoms with Crippen molar-refractivity contribution >= 4 is 15.9 Å². The number of amides is 1. The second-order valence-electron chi connectivity index (χ2n) is 6.98. The van der Waals surface area contributed by atoms with E-state index in [9.17, 15) is 13.2 Å². The lowest BCUT2D eigenvalue weighted by molar-refractivity contribution is -0.124. The van der Waals surface area contributed by atoms with E-state index in [2.05, 4.69) is 5.32 Å². The zero-order valence-corrected chi connectivity index (χ0v) is 17.4. The van der Waals surface area contributed by atoms with Gasteiger partial charge in [-0.05, 0) is 55.7 Å². The van der Waals surface area contributed by atoms with Crippen LogP contribution >= 0.6 is 0 Å². The van der Waals surface area contributed by atoms with Gasteiger partial charge >= 0.3 is 0 Å². The Bertz CT molecular complexity index is 936. The first-order valence-electron chi connectivity index (χ1n) is 9.52. The van der Waals surface area contributed by atoms with Crippen molar-refractivity contribution in [3.63, 3.8) is 0 Å². The van der Waals surface area contributed by atoms with Crippen molar-refractivity contribution in [2.45, 2.75) is 30.7 Å². The maximum Gasteiger partial charge on any atom is 0.258 e. The van der Waals surface area contributed by atoms with Crippen molar-refractivity contribution < 1.29 is 22.7 Å². The van der Waals surface area contributed by atoms with Crippen LogP contribution in [-0.4, -0.2) is 51.5 Å². The summed E-state index contributed by atoms with van der Waals surface area (Å²) in [6.45, 7) is 2.58. The Morgan fingerprint density at radius 1 is 1.10 bits per heavy atom. The Morgan fingerprint density at radius 3 is 2.38 bits per heavy atom. The van der Waals surface area contributed by atoms with Crippen LogP contribution in [0, 0.1) is 6.92 Å². The third-order valence-corrected chi connectivity index (χ3v) is 6.88. The Labute approximate surface area is 171 Å². The molecular formula is C21H26N2O5S. The lowest BCUT2D eigenvalue weighted by Gasteiger charge is -2.31. The van der Waals surface area contributed by atoms with Gasteiger partial charge in [-0.2, -0.15) is 4.31 Å². The van der Waals surface area contributed by atoms with Crippen LogP contribution in [0.1, 0.15) is 18.4 Å². The maximum atomic E-state index is 12.8. The number of nitrogens with one attached hydrogen (secondary N) is 1. The fourth-order valence-electron chi connectivity index (χ4n) is 3.27. The van der Waals surface area contributed by atoms with Gasteiger partial charge in [0.05, 0.1) is 12.0 Å². The van der Waals surface area contributed by atoms with Crippen molar-refractivity contribution in [3.8, 4) is 11.5 Å². The molecule has 0 aromatic heterocycles. The molecule has 1 aliphatic rings. The van der Waals surface area contributed by atoms with Gasteiger partial charge in [-0.3, -0.25) is 4.79 Å². The van der Waals surface area contributed by atoms with Crippen molar-refractivity contribution in [1.82, 2.24) is 9.62 Å². The van der Waals surface area contributed by atoms with Crippen LogP contribution in [0.15, 0.2) is 53.4 Å². The highest BCUT2D eigenvalue weighted by atomic mass is 32.2. The molecule has 3 rings (SSSR count). The van der Waals surface area contributed by atoms with Crippen LogP contribution in [0.5, 0.6) is 11.5 Å². The zero-order chi connectivity index (χ0) is 20.9. The molecule has 1 aliphatic heterocycles. The summed E-state index contributed by atoms with van der Waals surface area (Å²) in [5, 5.41) is 2.93. The summed E-state index contributed by atoms with van der Waals surface area (Å²) in [5.74, 6) is 1.09. The average Bonchev–Trinajstić information content (AvgIpc) is 2.73. The van der Waals surface area contributed by atoms with Crippen LogP contribution in [0.25, 0.3) is 0 Å². The van der Waals surface area contributed by atoms with E-state index < -0.39 is 10.0 Å². The largest absolute Gasteiger partial charge is 0.497 e. The van der Waals surface area contributed by atoms with Crippen molar-refractivity contribution in [3.05, 3.63) is 54.1 Å². The number of methoxy groups -OCH3 is 1. The molecule has 2 aromatic carbocycles. The number of hydrogen-bond acceptors (Lipinski definition) is 5. The first-order chi connectivity index (χ1) is 13.9. The minimum atomic E-state index is -3.55. The molecule has 8 heteroatoms. The SMILES string of the molecule is COc1ccc(S(=O)(=O)N2CCC(NC(=O)COc3ccccc3C)CC2)cc1. The molecule has 1 amide bonds. The summed E-state index contributed by atoms with van der Waals surface area (Å²) < 4.78 is 37.7.